The molecular weight excluding hydrogens is 174 g/mol. The number of nitrogens with two attached hydrogens (primary N) is 1. The minimum Gasteiger partial charge on any atom is -0.464 e. The number of hydrogen-bond donors (Lipinski definition) is 1. The van der Waals surface area contributed by atoms with E-state index in [9.17, 15) is 0 Å². The molecule has 0 bridgehead atoms. The zero-order chi connectivity index (χ0) is 10.6. The van der Waals surface area contributed by atoms with Crippen LogP contribution in [-0.4, -0.2) is 0 Å². The first-order valence-corrected chi connectivity index (χ1v) is 4.98. The first-order valence-electron chi connectivity index (χ1n) is 4.98. The van der Waals surface area contributed by atoms with Crippen molar-refractivity contribution < 1.29 is 4.42 Å². The minimum atomic E-state index is 0.566. The number of furan rings is 1. The zero-order valence-corrected chi connectivity index (χ0v) is 9.00. The van der Waals surface area contributed by atoms with E-state index in [4.69, 9.17) is 10.2 Å². The molecule has 2 rings (SSSR count). The molecule has 1 aromatic heterocycles. The first-order chi connectivity index (χ1) is 6.83. The second-order valence-corrected chi connectivity index (χ2v) is 2.91. The molecule has 0 aliphatic rings. The molecule has 0 saturated heterocycles. The third-order valence-corrected chi connectivity index (χ3v) is 2.12. The summed E-state index contributed by atoms with van der Waals surface area (Å²) in [7, 11) is 0. The van der Waals surface area contributed by atoms with Crippen molar-refractivity contribution in [3.63, 3.8) is 0 Å². The fourth-order valence-corrected chi connectivity index (χ4v) is 1.44. The van der Waals surface area contributed by atoms with Crippen molar-refractivity contribution in [3.8, 4) is 0 Å². The van der Waals surface area contributed by atoms with Gasteiger partial charge in [0.2, 0.25) is 0 Å². The van der Waals surface area contributed by atoms with E-state index in [0.717, 1.165) is 22.1 Å². The number of hydrogen-bond acceptors (Lipinski definition) is 2. The molecule has 0 amide bonds. The summed E-state index contributed by atoms with van der Waals surface area (Å²) in [4.78, 5) is 0. The third kappa shape index (κ3) is 1.80. The Morgan fingerprint density at radius 3 is 2.57 bits per heavy atom. The lowest BCUT2D eigenvalue weighted by molar-refractivity contribution is 0.613. The molecule has 0 atom stereocenters. The molecule has 2 N–H and O–H groups in total. The molecule has 0 aliphatic heterocycles. The van der Waals surface area contributed by atoms with E-state index >= 15 is 0 Å². The fourth-order valence-electron chi connectivity index (χ4n) is 1.44. The highest BCUT2D eigenvalue weighted by Gasteiger charge is 2.03. The Morgan fingerprint density at radius 2 is 1.93 bits per heavy atom. The van der Waals surface area contributed by atoms with Crippen molar-refractivity contribution in [2.45, 2.75) is 27.3 Å². The topological polar surface area (TPSA) is 39.2 Å². The Balaban J connectivity index is 0.000000461. The average Bonchev–Trinajstić information content (AvgIpc) is 2.71. The smallest absolute Gasteiger partial charge is 0.137 e. The summed E-state index contributed by atoms with van der Waals surface area (Å²) in [5.41, 5.74) is 8.84. The average molecular weight is 191 g/mol. The summed E-state index contributed by atoms with van der Waals surface area (Å²) < 4.78 is 5.34. The van der Waals surface area contributed by atoms with Gasteiger partial charge in [-0.1, -0.05) is 26.0 Å². The van der Waals surface area contributed by atoms with Gasteiger partial charge in [0.25, 0.3) is 0 Å². The van der Waals surface area contributed by atoms with Gasteiger partial charge in [-0.05, 0) is 24.1 Å². The molecule has 14 heavy (non-hydrogen) atoms. The van der Waals surface area contributed by atoms with Gasteiger partial charge >= 0.3 is 0 Å². The summed E-state index contributed by atoms with van der Waals surface area (Å²) in [6.45, 7) is 6.60. The molecule has 1 aromatic carbocycles. The van der Waals surface area contributed by atoms with E-state index in [-0.39, 0.29) is 0 Å². The van der Waals surface area contributed by atoms with Gasteiger partial charge in [0.1, 0.15) is 5.58 Å². The van der Waals surface area contributed by atoms with E-state index in [1.54, 1.807) is 6.26 Å². The summed E-state index contributed by atoms with van der Waals surface area (Å²) in [6.07, 6.45) is 1.71. The van der Waals surface area contributed by atoms with Gasteiger partial charge in [-0.25, -0.2) is 0 Å². The molecule has 2 nitrogen and oxygen atoms in total. The monoisotopic (exact) mass is 191 g/mol. The summed E-state index contributed by atoms with van der Waals surface area (Å²) in [6, 6.07) is 6.05. The Morgan fingerprint density at radius 1 is 1.21 bits per heavy atom. The SMILES string of the molecule is CC.Cc1ccc(CN)c2ccoc12. The summed E-state index contributed by atoms with van der Waals surface area (Å²) >= 11 is 0. The largest absolute Gasteiger partial charge is 0.464 e. The Bertz CT molecular complexity index is 404. The number of aryl methyl sites for hydroxylation is 1. The van der Waals surface area contributed by atoms with Crippen LogP contribution in [0.3, 0.4) is 0 Å². The maximum absolute atomic E-state index is 5.58. The minimum absolute atomic E-state index is 0.566. The van der Waals surface area contributed by atoms with E-state index in [1.807, 2.05) is 39.0 Å². The number of fused-ring (bicyclic) bond motifs is 1. The molecule has 0 spiro atoms. The van der Waals surface area contributed by atoms with E-state index in [2.05, 4.69) is 0 Å². The lowest BCUT2D eigenvalue weighted by atomic mass is 10.1. The van der Waals surface area contributed by atoms with E-state index in [1.165, 1.54) is 0 Å². The quantitative estimate of drug-likeness (QED) is 0.751. The van der Waals surface area contributed by atoms with Crippen LogP contribution >= 0.6 is 0 Å². The Hall–Kier alpha value is -1.28. The van der Waals surface area contributed by atoms with Crippen LogP contribution in [0, 0.1) is 6.92 Å². The van der Waals surface area contributed by atoms with Gasteiger partial charge in [0.15, 0.2) is 0 Å². The van der Waals surface area contributed by atoms with Crippen molar-refractivity contribution in [1.82, 2.24) is 0 Å². The molecule has 0 unspecified atom stereocenters. The van der Waals surface area contributed by atoms with Crippen molar-refractivity contribution in [3.05, 3.63) is 35.6 Å². The summed E-state index contributed by atoms with van der Waals surface area (Å²) in [5, 5.41) is 1.14. The zero-order valence-electron chi connectivity index (χ0n) is 9.00. The van der Waals surface area contributed by atoms with Crippen molar-refractivity contribution in [2.75, 3.05) is 0 Å². The van der Waals surface area contributed by atoms with Crippen LogP contribution < -0.4 is 5.73 Å². The highest BCUT2D eigenvalue weighted by molar-refractivity contribution is 5.83. The van der Waals surface area contributed by atoms with Crippen LogP contribution in [0.15, 0.2) is 28.9 Å². The molecule has 76 valence electrons. The molecule has 0 aliphatic carbocycles. The van der Waals surface area contributed by atoms with Gasteiger partial charge in [-0.3, -0.25) is 0 Å². The van der Waals surface area contributed by atoms with E-state index in [0.29, 0.717) is 6.54 Å². The van der Waals surface area contributed by atoms with Crippen LogP contribution in [0.25, 0.3) is 11.0 Å². The molecule has 2 heteroatoms. The van der Waals surface area contributed by atoms with Crippen LogP contribution in [0.2, 0.25) is 0 Å². The molecule has 1 heterocycles. The molecule has 2 aromatic rings. The van der Waals surface area contributed by atoms with Crippen LogP contribution in [-0.2, 0) is 6.54 Å². The molecular formula is C12H17NO. The van der Waals surface area contributed by atoms with Crippen molar-refractivity contribution >= 4 is 11.0 Å². The van der Waals surface area contributed by atoms with Crippen LogP contribution in [0.4, 0.5) is 0 Å². The maximum atomic E-state index is 5.58. The fraction of sp³-hybridized carbons (Fsp3) is 0.333. The van der Waals surface area contributed by atoms with Crippen LogP contribution in [0.1, 0.15) is 25.0 Å². The standard InChI is InChI=1S/C10H11NO.C2H6/c1-7-2-3-8(6-11)9-4-5-12-10(7)9;1-2/h2-5H,6,11H2,1H3;1-2H3. The lowest BCUT2D eigenvalue weighted by Gasteiger charge is -1.99. The van der Waals surface area contributed by atoms with Gasteiger partial charge in [0, 0.05) is 11.9 Å². The van der Waals surface area contributed by atoms with Gasteiger partial charge < -0.3 is 10.2 Å². The predicted molar refractivity (Wildman–Crippen MR) is 60.2 cm³/mol. The lowest BCUT2D eigenvalue weighted by Crippen LogP contribution is -1.96. The second kappa shape index (κ2) is 4.82. The first kappa shape index (κ1) is 10.8. The molecule has 0 radical (unpaired) electrons. The number of rotatable bonds is 1. The highest BCUT2D eigenvalue weighted by atomic mass is 16.3. The second-order valence-electron chi connectivity index (χ2n) is 2.91. The van der Waals surface area contributed by atoms with Crippen molar-refractivity contribution in [1.29, 1.82) is 0 Å². The van der Waals surface area contributed by atoms with E-state index < -0.39 is 0 Å². The predicted octanol–water partition coefficient (Wildman–Crippen LogP) is 3.23. The maximum Gasteiger partial charge on any atom is 0.137 e. The number of benzene rings is 1. The van der Waals surface area contributed by atoms with Gasteiger partial charge in [0.05, 0.1) is 6.26 Å². The van der Waals surface area contributed by atoms with Crippen LogP contribution in [0.5, 0.6) is 0 Å². The highest BCUT2D eigenvalue weighted by Crippen LogP contribution is 2.22. The Labute approximate surface area is 84.7 Å². The molecule has 0 saturated carbocycles. The Kier molecular flexibility index (Phi) is 3.72. The van der Waals surface area contributed by atoms with Crippen molar-refractivity contribution in [2.24, 2.45) is 5.73 Å². The summed E-state index contributed by atoms with van der Waals surface area (Å²) in [5.74, 6) is 0. The van der Waals surface area contributed by atoms with Gasteiger partial charge in [-0.15, -0.1) is 0 Å². The molecule has 0 fully saturated rings. The third-order valence-electron chi connectivity index (χ3n) is 2.12. The normalized spacial score (nSPS) is 9.71. The van der Waals surface area contributed by atoms with Gasteiger partial charge in [-0.2, -0.15) is 0 Å².